The molecule has 112 valence electrons. The van der Waals surface area contributed by atoms with Crippen molar-refractivity contribution < 1.29 is 19.4 Å². The average Bonchev–Trinajstić information content (AvgIpc) is 2.77. The average molecular weight is 290 g/mol. The number of likely N-dealkylation sites (N-methyl/N-ethyl adjacent to an activating group) is 1. The molecular formula is C15H18N2O4. The first-order chi connectivity index (χ1) is 10.0. The van der Waals surface area contributed by atoms with Crippen molar-refractivity contribution in [1.82, 2.24) is 9.80 Å². The highest BCUT2D eigenvalue weighted by atomic mass is 16.5. The third-order valence-corrected chi connectivity index (χ3v) is 3.39. The van der Waals surface area contributed by atoms with Gasteiger partial charge in [0.1, 0.15) is 5.75 Å². The monoisotopic (exact) mass is 290 g/mol. The van der Waals surface area contributed by atoms with E-state index >= 15 is 0 Å². The molecule has 1 aliphatic heterocycles. The molecule has 1 heterocycles. The number of ether oxygens (including phenoxy) is 1. The number of carbonyl (C=O) groups is 2. The number of hydrogen-bond acceptors (Lipinski definition) is 3. The van der Waals surface area contributed by atoms with Gasteiger partial charge in [-0.2, -0.15) is 0 Å². The summed E-state index contributed by atoms with van der Waals surface area (Å²) in [5.74, 6) is -0.312. The zero-order chi connectivity index (χ0) is 15.4. The van der Waals surface area contributed by atoms with E-state index < -0.39 is 5.97 Å². The molecule has 1 aliphatic rings. The van der Waals surface area contributed by atoms with E-state index in [2.05, 4.69) is 0 Å². The minimum atomic E-state index is -0.997. The standard InChI is InChI=1S/C15H18N2O4/c1-16-7-8-17(15(16)20)10-12-9-11(4-6-14(18)19)3-5-13(12)21-2/h3-6,9H,7-8,10H2,1-2H3,(H,18,19). The van der Waals surface area contributed by atoms with Crippen LogP contribution in [0.15, 0.2) is 24.3 Å². The summed E-state index contributed by atoms with van der Waals surface area (Å²) in [5, 5.41) is 8.67. The molecule has 0 aliphatic carbocycles. The van der Waals surface area contributed by atoms with Crippen LogP contribution in [0.5, 0.6) is 5.75 Å². The van der Waals surface area contributed by atoms with Gasteiger partial charge in [-0.1, -0.05) is 6.07 Å². The first-order valence-corrected chi connectivity index (χ1v) is 6.59. The molecule has 2 rings (SSSR count). The maximum absolute atomic E-state index is 11.9. The Morgan fingerprint density at radius 2 is 2.19 bits per heavy atom. The molecule has 1 saturated heterocycles. The first kappa shape index (κ1) is 14.9. The molecule has 6 heteroatoms. The fourth-order valence-corrected chi connectivity index (χ4v) is 2.25. The normalized spacial score (nSPS) is 15.0. The molecule has 0 unspecified atom stereocenters. The van der Waals surface area contributed by atoms with Gasteiger partial charge >= 0.3 is 12.0 Å². The number of amides is 2. The number of nitrogens with zero attached hydrogens (tertiary/aromatic N) is 2. The number of carbonyl (C=O) groups excluding carboxylic acids is 1. The molecule has 0 radical (unpaired) electrons. The Hall–Kier alpha value is -2.50. The van der Waals surface area contributed by atoms with E-state index in [1.165, 1.54) is 6.08 Å². The lowest BCUT2D eigenvalue weighted by Crippen LogP contribution is -2.29. The van der Waals surface area contributed by atoms with Crippen LogP contribution in [0.4, 0.5) is 4.79 Å². The molecule has 0 aromatic heterocycles. The fourth-order valence-electron chi connectivity index (χ4n) is 2.25. The van der Waals surface area contributed by atoms with Crippen LogP contribution < -0.4 is 4.74 Å². The lowest BCUT2D eigenvalue weighted by Gasteiger charge is -2.18. The Morgan fingerprint density at radius 3 is 2.76 bits per heavy atom. The van der Waals surface area contributed by atoms with Crippen LogP contribution in [0.1, 0.15) is 11.1 Å². The maximum atomic E-state index is 11.9. The highest BCUT2D eigenvalue weighted by Gasteiger charge is 2.25. The second kappa shape index (κ2) is 6.30. The number of aliphatic carboxylic acids is 1. The van der Waals surface area contributed by atoms with Gasteiger partial charge in [-0.25, -0.2) is 9.59 Å². The Balaban J connectivity index is 2.22. The van der Waals surface area contributed by atoms with E-state index in [-0.39, 0.29) is 6.03 Å². The van der Waals surface area contributed by atoms with E-state index in [1.807, 2.05) is 6.07 Å². The number of benzene rings is 1. The Morgan fingerprint density at radius 1 is 1.43 bits per heavy atom. The molecule has 2 amide bonds. The molecule has 1 N–H and O–H groups in total. The van der Waals surface area contributed by atoms with Gasteiger partial charge in [-0.15, -0.1) is 0 Å². The van der Waals surface area contributed by atoms with Crippen molar-refractivity contribution >= 4 is 18.1 Å². The van der Waals surface area contributed by atoms with Crippen molar-refractivity contribution in [2.45, 2.75) is 6.54 Å². The maximum Gasteiger partial charge on any atom is 0.328 e. The lowest BCUT2D eigenvalue weighted by molar-refractivity contribution is -0.131. The van der Waals surface area contributed by atoms with Crippen LogP contribution >= 0.6 is 0 Å². The molecule has 0 spiro atoms. The number of carboxylic acid groups (broad SMARTS) is 1. The Bertz CT molecular complexity index is 583. The van der Waals surface area contributed by atoms with Gasteiger partial charge in [0, 0.05) is 31.8 Å². The van der Waals surface area contributed by atoms with E-state index in [4.69, 9.17) is 9.84 Å². The summed E-state index contributed by atoms with van der Waals surface area (Å²) < 4.78 is 5.31. The second-order valence-corrected chi connectivity index (χ2v) is 4.87. The predicted octanol–water partition coefficient (Wildman–Crippen LogP) is 1.66. The molecule has 0 saturated carbocycles. The predicted molar refractivity (Wildman–Crippen MR) is 78.1 cm³/mol. The summed E-state index contributed by atoms with van der Waals surface area (Å²) in [6, 6.07) is 5.38. The van der Waals surface area contributed by atoms with E-state index in [0.717, 1.165) is 17.2 Å². The van der Waals surface area contributed by atoms with Crippen LogP contribution in [0.25, 0.3) is 6.08 Å². The SMILES string of the molecule is COc1ccc(C=CC(=O)O)cc1CN1CCN(C)C1=O. The van der Waals surface area contributed by atoms with Gasteiger partial charge in [0.25, 0.3) is 0 Å². The smallest absolute Gasteiger partial charge is 0.328 e. The summed E-state index contributed by atoms with van der Waals surface area (Å²) in [6.45, 7) is 1.83. The van der Waals surface area contributed by atoms with E-state index in [1.54, 1.807) is 36.1 Å². The first-order valence-electron chi connectivity index (χ1n) is 6.59. The van der Waals surface area contributed by atoms with Gasteiger partial charge < -0.3 is 19.6 Å². The van der Waals surface area contributed by atoms with Gasteiger partial charge in [0.15, 0.2) is 0 Å². The second-order valence-electron chi connectivity index (χ2n) is 4.87. The topological polar surface area (TPSA) is 70.1 Å². The van der Waals surface area contributed by atoms with Crippen LogP contribution in [0.3, 0.4) is 0 Å². The van der Waals surface area contributed by atoms with Crippen molar-refractivity contribution in [3.8, 4) is 5.75 Å². The third kappa shape index (κ3) is 3.53. The minimum Gasteiger partial charge on any atom is -0.496 e. The van der Waals surface area contributed by atoms with Crippen molar-refractivity contribution in [2.24, 2.45) is 0 Å². The number of hydrogen-bond donors (Lipinski definition) is 1. The molecule has 1 aromatic rings. The number of rotatable bonds is 5. The molecule has 1 aromatic carbocycles. The molecule has 1 fully saturated rings. The summed E-state index contributed by atoms with van der Waals surface area (Å²) >= 11 is 0. The molecule has 21 heavy (non-hydrogen) atoms. The Kier molecular flexibility index (Phi) is 4.47. The van der Waals surface area contributed by atoms with Crippen LogP contribution in [-0.2, 0) is 11.3 Å². The highest BCUT2D eigenvalue weighted by Crippen LogP contribution is 2.23. The fraction of sp³-hybridized carbons (Fsp3) is 0.333. The van der Waals surface area contributed by atoms with Crippen molar-refractivity contribution in [1.29, 1.82) is 0 Å². The van der Waals surface area contributed by atoms with Crippen molar-refractivity contribution in [2.75, 3.05) is 27.2 Å². The van der Waals surface area contributed by atoms with Crippen LogP contribution in [0.2, 0.25) is 0 Å². The van der Waals surface area contributed by atoms with Gasteiger partial charge in [0.05, 0.1) is 13.7 Å². The molecule has 0 bridgehead atoms. The summed E-state index contributed by atoms with van der Waals surface area (Å²) in [7, 11) is 3.34. The summed E-state index contributed by atoms with van der Waals surface area (Å²) in [6.07, 6.45) is 2.60. The Labute approximate surface area is 123 Å². The largest absolute Gasteiger partial charge is 0.496 e. The zero-order valence-electron chi connectivity index (χ0n) is 12.1. The van der Waals surface area contributed by atoms with Crippen LogP contribution in [0, 0.1) is 0 Å². The summed E-state index contributed by atoms with van der Waals surface area (Å²) in [5.41, 5.74) is 1.61. The molecular weight excluding hydrogens is 272 g/mol. The van der Waals surface area contributed by atoms with Crippen molar-refractivity contribution in [3.63, 3.8) is 0 Å². The van der Waals surface area contributed by atoms with Gasteiger partial charge in [-0.3, -0.25) is 0 Å². The third-order valence-electron chi connectivity index (χ3n) is 3.39. The van der Waals surface area contributed by atoms with Crippen molar-refractivity contribution in [3.05, 3.63) is 35.4 Å². The van der Waals surface area contributed by atoms with Gasteiger partial charge in [0.2, 0.25) is 0 Å². The highest BCUT2D eigenvalue weighted by molar-refractivity contribution is 5.85. The van der Waals surface area contributed by atoms with Gasteiger partial charge in [-0.05, 0) is 23.8 Å². The molecule has 0 atom stereocenters. The van der Waals surface area contributed by atoms with E-state index in [9.17, 15) is 9.59 Å². The number of methoxy groups -OCH3 is 1. The summed E-state index contributed by atoms with van der Waals surface area (Å²) in [4.78, 5) is 25.9. The quantitative estimate of drug-likeness (QED) is 0.837. The minimum absolute atomic E-state index is 0.0106. The van der Waals surface area contributed by atoms with E-state index in [0.29, 0.717) is 25.4 Å². The number of urea groups is 1. The number of carboxylic acids is 1. The van der Waals surface area contributed by atoms with Crippen LogP contribution in [-0.4, -0.2) is 54.2 Å². The zero-order valence-corrected chi connectivity index (χ0v) is 12.1. The lowest BCUT2D eigenvalue weighted by atomic mass is 10.1. The molecule has 6 nitrogen and oxygen atoms in total.